The average molecular weight is 248 g/mol. The molecule has 0 radical (unpaired) electrons. The van der Waals surface area contributed by atoms with Gasteiger partial charge in [0.05, 0.1) is 0 Å². The average Bonchev–Trinajstić information content (AvgIpc) is 2.35. The Kier molecular flexibility index (Phi) is 4.10. The maximum Gasteiger partial charge on any atom is 0.127 e. The van der Waals surface area contributed by atoms with Crippen LogP contribution in [0.4, 0.5) is 0 Å². The normalized spacial score (nSPS) is 16.1. The first-order valence-electron chi connectivity index (χ1n) is 6.34. The Labute approximate surface area is 110 Å². The Bertz CT molecular complexity index is 459. The fourth-order valence-electron chi connectivity index (χ4n) is 2.36. The number of hydrogen-bond acceptors (Lipinski definition) is 2. The lowest BCUT2D eigenvalue weighted by Crippen LogP contribution is -2.33. The van der Waals surface area contributed by atoms with E-state index in [1.165, 1.54) is 5.56 Å². The van der Waals surface area contributed by atoms with E-state index in [0.717, 1.165) is 35.3 Å². The molecule has 1 heterocycles. The van der Waals surface area contributed by atoms with E-state index in [2.05, 4.69) is 27.0 Å². The van der Waals surface area contributed by atoms with Crippen molar-refractivity contribution in [2.45, 2.75) is 53.1 Å². The first-order chi connectivity index (χ1) is 8.33. The van der Waals surface area contributed by atoms with Gasteiger partial charge in [-0.3, -0.25) is 0 Å². The first-order valence-corrected chi connectivity index (χ1v) is 6.34. The summed E-state index contributed by atoms with van der Waals surface area (Å²) in [6.45, 7) is 16.2. The molecule has 2 nitrogen and oxygen atoms in total. The molecule has 2 rings (SSSR count). The summed E-state index contributed by atoms with van der Waals surface area (Å²) in [7, 11) is 0. The van der Waals surface area contributed by atoms with Crippen LogP contribution in [0.2, 0.25) is 0 Å². The van der Waals surface area contributed by atoms with Gasteiger partial charge in [-0.05, 0) is 64.2 Å². The van der Waals surface area contributed by atoms with Crippen LogP contribution in [0.5, 0.6) is 11.5 Å². The lowest BCUT2D eigenvalue weighted by Gasteiger charge is -2.35. The predicted molar refractivity (Wildman–Crippen MR) is 76.6 cm³/mol. The van der Waals surface area contributed by atoms with E-state index < -0.39 is 0 Å². The fraction of sp³-hybridized carbons (Fsp3) is 0.500. The van der Waals surface area contributed by atoms with Gasteiger partial charge in [-0.15, -0.1) is 13.2 Å². The number of phenols is 1. The minimum atomic E-state index is -0.0897. The highest BCUT2D eigenvalue weighted by atomic mass is 16.5. The quantitative estimate of drug-likeness (QED) is 0.696. The molecule has 100 valence electrons. The third-order valence-electron chi connectivity index (χ3n) is 3.70. The van der Waals surface area contributed by atoms with Gasteiger partial charge in [-0.25, -0.2) is 0 Å². The maximum absolute atomic E-state index is 10.0. The second-order valence-electron chi connectivity index (χ2n) is 5.39. The zero-order chi connectivity index (χ0) is 14.1. The molecule has 0 bridgehead atoms. The van der Waals surface area contributed by atoms with Crippen LogP contribution in [0, 0.1) is 20.8 Å². The molecule has 18 heavy (non-hydrogen) atoms. The summed E-state index contributed by atoms with van der Waals surface area (Å²) in [5.41, 5.74) is 4.08. The van der Waals surface area contributed by atoms with E-state index in [9.17, 15) is 5.11 Å². The van der Waals surface area contributed by atoms with Gasteiger partial charge in [0, 0.05) is 5.56 Å². The zero-order valence-electron chi connectivity index (χ0n) is 12.2. The van der Waals surface area contributed by atoms with E-state index in [4.69, 9.17) is 4.74 Å². The smallest absolute Gasteiger partial charge is 0.127 e. The van der Waals surface area contributed by atoms with E-state index >= 15 is 0 Å². The Morgan fingerprint density at radius 2 is 1.61 bits per heavy atom. The molecule has 0 atom stereocenters. The van der Waals surface area contributed by atoms with Gasteiger partial charge in [0.2, 0.25) is 0 Å². The first kappa shape index (κ1) is 14.6. The van der Waals surface area contributed by atoms with Crippen molar-refractivity contribution in [2.75, 3.05) is 0 Å². The molecule has 1 aliphatic heterocycles. The van der Waals surface area contributed by atoms with Gasteiger partial charge in [-0.2, -0.15) is 0 Å². The molecule has 0 fully saturated rings. The van der Waals surface area contributed by atoms with Crippen LogP contribution in [0.25, 0.3) is 0 Å². The van der Waals surface area contributed by atoms with Crippen LogP contribution in [0.1, 0.15) is 42.5 Å². The number of benzene rings is 1. The minimum Gasteiger partial charge on any atom is -0.507 e. The molecule has 0 aromatic heterocycles. The van der Waals surface area contributed by atoms with Gasteiger partial charge >= 0.3 is 0 Å². The Morgan fingerprint density at radius 1 is 1.06 bits per heavy atom. The van der Waals surface area contributed by atoms with Crippen molar-refractivity contribution in [3.63, 3.8) is 0 Å². The predicted octanol–water partition coefficient (Wildman–Crippen LogP) is 4.22. The largest absolute Gasteiger partial charge is 0.507 e. The number of ether oxygens (including phenoxy) is 1. The van der Waals surface area contributed by atoms with Gasteiger partial charge in [0.25, 0.3) is 0 Å². The molecular formula is C16H24O2. The van der Waals surface area contributed by atoms with Crippen LogP contribution >= 0.6 is 0 Å². The maximum atomic E-state index is 10.0. The highest BCUT2D eigenvalue weighted by molar-refractivity contribution is 5.58. The van der Waals surface area contributed by atoms with Crippen molar-refractivity contribution < 1.29 is 9.84 Å². The van der Waals surface area contributed by atoms with Gasteiger partial charge in [-0.1, -0.05) is 0 Å². The van der Waals surface area contributed by atoms with Crippen molar-refractivity contribution in [3.05, 3.63) is 35.4 Å². The second kappa shape index (κ2) is 5.05. The Balaban J connectivity index is 0.000000771. The zero-order valence-corrected chi connectivity index (χ0v) is 12.2. The summed E-state index contributed by atoms with van der Waals surface area (Å²) < 4.78 is 6.06. The molecule has 2 heteroatoms. The third-order valence-corrected chi connectivity index (χ3v) is 3.70. The molecule has 0 saturated carbocycles. The molecule has 0 spiro atoms. The Morgan fingerprint density at radius 3 is 2.17 bits per heavy atom. The van der Waals surface area contributed by atoms with Crippen LogP contribution in [-0.2, 0) is 6.42 Å². The molecule has 0 aliphatic carbocycles. The summed E-state index contributed by atoms with van der Waals surface area (Å²) in [6.07, 6.45) is 1.99. The van der Waals surface area contributed by atoms with E-state index in [-0.39, 0.29) is 5.60 Å². The number of aromatic hydroxyl groups is 1. The third kappa shape index (κ3) is 2.38. The summed E-state index contributed by atoms with van der Waals surface area (Å²) in [6, 6.07) is 0. The van der Waals surface area contributed by atoms with Crippen LogP contribution < -0.4 is 4.74 Å². The number of fused-ring (bicyclic) bond motifs is 1. The van der Waals surface area contributed by atoms with E-state index in [1.54, 1.807) is 0 Å². The van der Waals surface area contributed by atoms with Crippen LogP contribution in [-0.4, -0.2) is 10.7 Å². The van der Waals surface area contributed by atoms with Crippen LogP contribution in [0.3, 0.4) is 0 Å². The summed E-state index contributed by atoms with van der Waals surface area (Å²) >= 11 is 0. The summed E-state index contributed by atoms with van der Waals surface area (Å²) in [5.74, 6) is 1.42. The Hall–Kier alpha value is -1.44. The van der Waals surface area contributed by atoms with Crippen molar-refractivity contribution in [3.8, 4) is 11.5 Å². The molecule has 1 aromatic carbocycles. The molecule has 1 aromatic rings. The summed E-state index contributed by atoms with van der Waals surface area (Å²) in [5, 5.41) is 10.0. The topological polar surface area (TPSA) is 29.5 Å². The van der Waals surface area contributed by atoms with Gasteiger partial charge in [0.15, 0.2) is 0 Å². The molecule has 0 unspecified atom stereocenters. The molecule has 0 amide bonds. The molecule has 1 N–H and O–H groups in total. The highest BCUT2D eigenvalue weighted by Gasteiger charge is 2.30. The SMILES string of the molecule is C=C.Cc1c(C)c2c(c(C)c1O)CCC(C)(C)O2. The summed E-state index contributed by atoms with van der Waals surface area (Å²) in [4.78, 5) is 0. The highest BCUT2D eigenvalue weighted by Crippen LogP contribution is 2.42. The fourth-order valence-corrected chi connectivity index (χ4v) is 2.36. The van der Waals surface area contributed by atoms with Crippen molar-refractivity contribution in [2.24, 2.45) is 0 Å². The van der Waals surface area contributed by atoms with Gasteiger partial charge in [0.1, 0.15) is 17.1 Å². The van der Waals surface area contributed by atoms with Crippen molar-refractivity contribution in [1.82, 2.24) is 0 Å². The van der Waals surface area contributed by atoms with Gasteiger partial charge < -0.3 is 9.84 Å². The molecular weight excluding hydrogens is 224 g/mol. The standard InChI is InChI=1S/C14H20O2.C2H4/c1-8-9(2)13-11(10(3)12(8)15)6-7-14(4,5)16-13;1-2/h15H,6-7H2,1-5H3;1-2H2. The van der Waals surface area contributed by atoms with E-state index in [1.807, 2.05) is 20.8 Å². The number of hydrogen-bond donors (Lipinski definition) is 1. The lowest BCUT2D eigenvalue weighted by molar-refractivity contribution is 0.0831. The van der Waals surface area contributed by atoms with Crippen molar-refractivity contribution in [1.29, 1.82) is 0 Å². The molecule has 0 saturated heterocycles. The minimum absolute atomic E-state index is 0.0897. The van der Waals surface area contributed by atoms with Crippen LogP contribution in [0.15, 0.2) is 13.2 Å². The number of phenolic OH excluding ortho intramolecular Hbond substituents is 1. The molecule has 1 aliphatic rings. The van der Waals surface area contributed by atoms with E-state index in [0.29, 0.717) is 5.75 Å². The second-order valence-corrected chi connectivity index (χ2v) is 5.39. The monoisotopic (exact) mass is 248 g/mol. The number of rotatable bonds is 0. The van der Waals surface area contributed by atoms with Crippen molar-refractivity contribution >= 4 is 0 Å². The lowest BCUT2D eigenvalue weighted by atomic mass is 9.88.